The van der Waals surface area contributed by atoms with Crippen molar-refractivity contribution in [3.8, 4) is 0 Å². The van der Waals surface area contributed by atoms with E-state index in [1.807, 2.05) is 41.3 Å². The zero-order valence-electron chi connectivity index (χ0n) is 18.2. The van der Waals surface area contributed by atoms with Crippen molar-refractivity contribution in [2.75, 3.05) is 4.90 Å². The van der Waals surface area contributed by atoms with Gasteiger partial charge in [0, 0.05) is 16.8 Å². The molecule has 2 aromatic carbocycles. The molecule has 0 aliphatic carbocycles. The van der Waals surface area contributed by atoms with E-state index in [0.29, 0.717) is 10.7 Å². The lowest BCUT2D eigenvalue weighted by molar-refractivity contribution is 0.383. The van der Waals surface area contributed by atoms with Crippen molar-refractivity contribution in [2.24, 2.45) is 0 Å². The monoisotopic (exact) mass is 475 g/mol. The van der Waals surface area contributed by atoms with Crippen LogP contribution < -0.4 is 10.2 Å². The van der Waals surface area contributed by atoms with E-state index in [0.717, 1.165) is 27.1 Å². The van der Waals surface area contributed by atoms with Crippen LogP contribution in [0.1, 0.15) is 34.7 Å². The Kier molecular flexibility index (Phi) is 5.91. The summed E-state index contributed by atoms with van der Waals surface area (Å²) in [5.74, 6) is 0.513. The molecule has 166 valence electrons. The number of aryl methyl sites for hydroxylation is 2. The summed E-state index contributed by atoms with van der Waals surface area (Å²) in [6.07, 6.45) is 1.77. The van der Waals surface area contributed by atoms with Gasteiger partial charge in [-0.05, 0) is 86.2 Å². The van der Waals surface area contributed by atoms with Gasteiger partial charge in [-0.1, -0.05) is 35.5 Å². The standard InChI is InChI=1S/C26H22FN3OS2/c1-16-6-9-19(10-7-16)33-23-13-12-22(31-23)25-24(21-5-3-4-14-28-21)29-26(32)30(25)18-8-11-20(27)17(2)15-18/h3-15,24-25H,1-2H3,(H,29,32)/t24-,25-/m0/s1. The molecule has 0 amide bonds. The van der Waals surface area contributed by atoms with E-state index in [2.05, 4.69) is 41.5 Å². The molecule has 0 unspecified atom stereocenters. The maximum atomic E-state index is 14.0. The summed E-state index contributed by atoms with van der Waals surface area (Å²) in [4.78, 5) is 7.65. The van der Waals surface area contributed by atoms with E-state index < -0.39 is 0 Å². The van der Waals surface area contributed by atoms with Crippen LogP contribution in [-0.2, 0) is 0 Å². The minimum atomic E-state index is -0.273. The fourth-order valence-electron chi connectivity index (χ4n) is 3.97. The number of hydrogen-bond donors (Lipinski definition) is 1. The van der Waals surface area contributed by atoms with Gasteiger partial charge in [-0.2, -0.15) is 0 Å². The second-order valence-electron chi connectivity index (χ2n) is 8.00. The zero-order chi connectivity index (χ0) is 22.9. The third-order valence-electron chi connectivity index (χ3n) is 5.65. The van der Waals surface area contributed by atoms with Crippen LogP contribution in [0.2, 0.25) is 0 Å². The Morgan fingerprint density at radius 1 is 1.03 bits per heavy atom. The number of halogens is 1. The normalized spacial score (nSPS) is 17.9. The Bertz CT molecular complexity index is 1290. The van der Waals surface area contributed by atoms with E-state index in [1.165, 1.54) is 11.6 Å². The van der Waals surface area contributed by atoms with Crippen molar-refractivity contribution in [3.05, 3.63) is 107 Å². The van der Waals surface area contributed by atoms with Gasteiger partial charge in [0.25, 0.3) is 0 Å². The summed E-state index contributed by atoms with van der Waals surface area (Å²) in [5.41, 5.74) is 3.44. The summed E-state index contributed by atoms with van der Waals surface area (Å²) in [7, 11) is 0. The first-order chi connectivity index (χ1) is 16.0. The summed E-state index contributed by atoms with van der Waals surface area (Å²) >= 11 is 7.29. The molecule has 1 fully saturated rings. The van der Waals surface area contributed by atoms with Crippen molar-refractivity contribution in [1.82, 2.24) is 10.3 Å². The molecule has 4 aromatic rings. The van der Waals surface area contributed by atoms with Crippen molar-refractivity contribution in [1.29, 1.82) is 0 Å². The molecule has 2 atom stereocenters. The molecule has 0 spiro atoms. The highest BCUT2D eigenvalue weighted by Crippen LogP contribution is 2.43. The highest BCUT2D eigenvalue weighted by molar-refractivity contribution is 7.99. The van der Waals surface area contributed by atoms with Crippen molar-refractivity contribution in [2.45, 2.75) is 35.9 Å². The highest BCUT2D eigenvalue weighted by Gasteiger charge is 2.42. The van der Waals surface area contributed by atoms with Crippen LogP contribution in [0.5, 0.6) is 0 Å². The molecule has 33 heavy (non-hydrogen) atoms. The van der Waals surface area contributed by atoms with E-state index in [9.17, 15) is 4.39 Å². The van der Waals surface area contributed by atoms with E-state index >= 15 is 0 Å². The predicted molar refractivity (Wildman–Crippen MR) is 133 cm³/mol. The van der Waals surface area contributed by atoms with Gasteiger partial charge in [0.1, 0.15) is 17.6 Å². The van der Waals surface area contributed by atoms with Gasteiger partial charge in [0.15, 0.2) is 10.2 Å². The number of pyridine rings is 1. The van der Waals surface area contributed by atoms with Crippen LogP contribution in [0.3, 0.4) is 0 Å². The van der Waals surface area contributed by atoms with Gasteiger partial charge >= 0.3 is 0 Å². The topological polar surface area (TPSA) is 41.3 Å². The third-order valence-corrected chi connectivity index (χ3v) is 6.89. The van der Waals surface area contributed by atoms with Crippen molar-refractivity contribution >= 4 is 34.8 Å². The number of nitrogens with one attached hydrogen (secondary N) is 1. The lowest BCUT2D eigenvalue weighted by Gasteiger charge is -2.26. The van der Waals surface area contributed by atoms with E-state index in [-0.39, 0.29) is 17.9 Å². The Labute approximate surface area is 201 Å². The van der Waals surface area contributed by atoms with Gasteiger partial charge < -0.3 is 14.6 Å². The van der Waals surface area contributed by atoms with E-state index in [1.54, 1.807) is 30.9 Å². The predicted octanol–water partition coefficient (Wildman–Crippen LogP) is 6.76. The van der Waals surface area contributed by atoms with Gasteiger partial charge in [-0.25, -0.2) is 4.39 Å². The quantitative estimate of drug-likeness (QED) is 0.322. The summed E-state index contributed by atoms with van der Waals surface area (Å²) in [6.45, 7) is 3.82. The number of hydrogen-bond acceptors (Lipinski definition) is 4. The van der Waals surface area contributed by atoms with Crippen LogP contribution in [0.4, 0.5) is 10.1 Å². The number of furan rings is 1. The molecule has 1 aliphatic heterocycles. The van der Waals surface area contributed by atoms with Crippen molar-refractivity contribution < 1.29 is 8.81 Å². The fourth-order valence-corrected chi connectivity index (χ4v) is 5.10. The van der Waals surface area contributed by atoms with Crippen molar-refractivity contribution in [3.63, 3.8) is 0 Å². The molecule has 0 saturated carbocycles. The molecule has 0 radical (unpaired) electrons. The first kappa shape index (κ1) is 21.7. The lowest BCUT2D eigenvalue weighted by Crippen LogP contribution is -2.29. The number of nitrogens with zero attached hydrogens (tertiary/aromatic N) is 2. The molecule has 0 bridgehead atoms. The second kappa shape index (κ2) is 9.00. The first-order valence-electron chi connectivity index (χ1n) is 10.6. The molecule has 4 nitrogen and oxygen atoms in total. The number of benzene rings is 2. The van der Waals surface area contributed by atoms with Crippen LogP contribution >= 0.6 is 24.0 Å². The Hall–Kier alpha value is -3.16. The average molecular weight is 476 g/mol. The number of anilines is 1. The molecular formula is C26H22FN3OS2. The van der Waals surface area contributed by atoms with Gasteiger partial charge in [0.2, 0.25) is 0 Å². The SMILES string of the molecule is Cc1ccc(Sc2ccc([C@H]3[C@H](c4ccccn4)NC(=S)N3c3ccc(F)c(C)c3)o2)cc1. The summed E-state index contributed by atoms with van der Waals surface area (Å²) in [5, 5.41) is 4.74. The highest BCUT2D eigenvalue weighted by atomic mass is 32.2. The average Bonchev–Trinajstić information content (AvgIpc) is 3.42. The molecule has 1 saturated heterocycles. The number of rotatable bonds is 5. The summed E-state index contributed by atoms with van der Waals surface area (Å²) < 4.78 is 20.3. The second-order valence-corrected chi connectivity index (χ2v) is 9.47. The van der Waals surface area contributed by atoms with Crippen LogP contribution in [-0.4, -0.2) is 10.1 Å². The molecule has 2 aromatic heterocycles. The van der Waals surface area contributed by atoms with Gasteiger partial charge in [-0.15, -0.1) is 0 Å². The molecule has 5 rings (SSSR count). The molecule has 1 N–H and O–H groups in total. The number of thiocarbonyl (C=S) groups is 1. The van der Waals surface area contributed by atoms with Gasteiger partial charge in [-0.3, -0.25) is 4.98 Å². The summed E-state index contributed by atoms with van der Waals surface area (Å²) in [6, 6.07) is 22.6. The molecule has 7 heteroatoms. The van der Waals surface area contributed by atoms with Crippen LogP contribution in [0.25, 0.3) is 0 Å². The minimum Gasteiger partial charge on any atom is -0.452 e. The van der Waals surface area contributed by atoms with Crippen LogP contribution in [0.15, 0.2) is 93.4 Å². The fraction of sp³-hybridized carbons (Fsp3) is 0.154. The largest absolute Gasteiger partial charge is 0.452 e. The number of aromatic nitrogens is 1. The maximum absolute atomic E-state index is 14.0. The molecular weight excluding hydrogens is 453 g/mol. The minimum absolute atomic E-state index is 0.215. The molecule has 1 aliphatic rings. The van der Waals surface area contributed by atoms with E-state index in [4.69, 9.17) is 16.6 Å². The maximum Gasteiger partial charge on any atom is 0.174 e. The molecule has 3 heterocycles. The Morgan fingerprint density at radius 2 is 1.85 bits per heavy atom. The van der Waals surface area contributed by atoms with Gasteiger partial charge in [0.05, 0.1) is 11.7 Å². The Balaban J connectivity index is 1.53. The first-order valence-corrected chi connectivity index (χ1v) is 11.8. The smallest absolute Gasteiger partial charge is 0.174 e. The Morgan fingerprint density at radius 3 is 2.58 bits per heavy atom. The third kappa shape index (κ3) is 4.38. The zero-order valence-corrected chi connectivity index (χ0v) is 19.8. The van der Waals surface area contributed by atoms with Crippen LogP contribution in [0, 0.1) is 19.7 Å². The lowest BCUT2D eigenvalue weighted by atomic mass is 10.0.